The lowest BCUT2D eigenvalue weighted by atomic mass is 10.1. The second-order valence-electron chi connectivity index (χ2n) is 6.81. The topological polar surface area (TPSA) is 66.4 Å². The van der Waals surface area contributed by atoms with Crippen molar-refractivity contribution in [2.75, 3.05) is 37.3 Å². The van der Waals surface area contributed by atoms with Gasteiger partial charge in [-0.05, 0) is 29.3 Å². The standard InChI is InChI=1S/C20H22N4O2S/c1-27(25,26)24-12-4-11-23(13-14-24)20-21-10-9-19(22-20)18-8-7-16-5-2-3-6-17(16)15-18/h2-3,5-10,15H,4,11-14H2,1H3. The first kappa shape index (κ1) is 17.9. The van der Waals surface area contributed by atoms with Crippen molar-refractivity contribution < 1.29 is 8.42 Å². The number of sulfonamides is 1. The highest BCUT2D eigenvalue weighted by molar-refractivity contribution is 7.88. The Hall–Kier alpha value is -2.51. The average molecular weight is 382 g/mol. The Bertz CT molecular complexity index is 1070. The molecule has 3 aromatic rings. The molecule has 7 heteroatoms. The number of benzene rings is 2. The van der Waals surface area contributed by atoms with Crippen molar-refractivity contribution in [3.63, 3.8) is 0 Å². The minimum atomic E-state index is -3.16. The highest BCUT2D eigenvalue weighted by atomic mass is 32.2. The molecule has 0 saturated carbocycles. The van der Waals surface area contributed by atoms with E-state index in [0.717, 1.165) is 24.2 Å². The molecule has 27 heavy (non-hydrogen) atoms. The van der Waals surface area contributed by atoms with Crippen LogP contribution in [0.4, 0.5) is 5.95 Å². The van der Waals surface area contributed by atoms with Crippen LogP contribution in [0.1, 0.15) is 6.42 Å². The maximum absolute atomic E-state index is 11.8. The molecule has 0 aliphatic carbocycles. The Morgan fingerprint density at radius 2 is 1.74 bits per heavy atom. The Morgan fingerprint density at radius 1 is 0.926 bits per heavy atom. The van der Waals surface area contributed by atoms with Gasteiger partial charge in [-0.25, -0.2) is 22.7 Å². The van der Waals surface area contributed by atoms with Crippen LogP contribution >= 0.6 is 0 Å². The summed E-state index contributed by atoms with van der Waals surface area (Å²) in [6, 6.07) is 16.5. The van der Waals surface area contributed by atoms with Gasteiger partial charge < -0.3 is 4.90 Å². The van der Waals surface area contributed by atoms with Crippen LogP contribution in [0.25, 0.3) is 22.0 Å². The number of nitrogens with zero attached hydrogens (tertiary/aromatic N) is 4. The molecule has 1 aliphatic rings. The van der Waals surface area contributed by atoms with E-state index in [9.17, 15) is 8.42 Å². The SMILES string of the molecule is CS(=O)(=O)N1CCCN(c2nccc(-c3ccc4ccccc4c3)n2)CC1. The summed E-state index contributed by atoms with van der Waals surface area (Å²) < 4.78 is 25.1. The van der Waals surface area contributed by atoms with Crippen LogP contribution in [0, 0.1) is 0 Å². The van der Waals surface area contributed by atoms with Crippen LogP contribution in [-0.2, 0) is 10.0 Å². The molecule has 1 saturated heterocycles. The van der Waals surface area contributed by atoms with Gasteiger partial charge in [-0.15, -0.1) is 0 Å². The smallest absolute Gasteiger partial charge is 0.225 e. The molecule has 1 aliphatic heterocycles. The first-order chi connectivity index (χ1) is 13.0. The van der Waals surface area contributed by atoms with E-state index >= 15 is 0 Å². The fraction of sp³-hybridized carbons (Fsp3) is 0.300. The van der Waals surface area contributed by atoms with E-state index in [2.05, 4.69) is 40.2 Å². The summed E-state index contributed by atoms with van der Waals surface area (Å²) in [5, 5.41) is 2.37. The van der Waals surface area contributed by atoms with E-state index in [4.69, 9.17) is 4.98 Å². The monoisotopic (exact) mass is 382 g/mol. The summed E-state index contributed by atoms with van der Waals surface area (Å²) in [4.78, 5) is 11.2. The summed E-state index contributed by atoms with van der Waals surface area (Å²) in [5.41, 5.74) is 1.92. The van der Waals surface area contributed by atoms with Crippen LogP contribution in [0.2, 0.25) is 0 Å². The van der Waals surface area contributed by atoms with Gasteiger partial charge in [0, 0.05) is 37.9 Å². The fourth-order valence-corrected chi connectivity index (χ4v) is 4.31. The average Bonchev–Trinajstić information content (AvgIpc) is 2.94. The van der Waals surface area contributed by atoms with E-state index in [1.165, 1.54) is 21.3 Å². The van der Waals surface area contributed by atoms with Crippen LogP contribution in [0.15, 0.2) is 54.7 Å². The predicted molar refractivity (Wildman–Crippen MR) is 108 cm³/mol. The fourth-order valence-electron chi connectivity index (χ4n) is 3.44. The lowest BCUT2D eigenvalue weighted by Crippen LogP contribution is -2.34. The minimum Gasteiger partial charge on any atom is -0.339 e. The number of rotatable bonds is 3. The number of fused-ring (bicyclic) bond motifs is 1. The van der Waals surface area contributed by atoms with Crippen LogP contribution in [0.5, 0.6) is 0 Å². The van der Waals surface area contributed by atoms with Gasteiger partial charge in [-0.3, -0.25) is 0 Å². The quantitative estimate of drug-likeness (QED) is 0.697. The molecule has 0 amide bonds. The van der Waals surface area contributed by atoms with Gasteiger partial charge in [0.2, 0.25) is 16.0 Å². The van der Waals surface area contributed by atoms with E-state index < -0.39 is 10.0 Å². The van der Waals surface area contributed by atoms with E-state index in [-0.39, 0.29) is 0 Å². The molecule has 0 radical (unpaired) electrons. The zero-order valence-electron chi connectivity index (χ0n) is 15.2. The lowest BCUT2D eigenvalue weighted by Gasteiger charge is -2.21. The third-order valence-electron chi connectivity index (χ3n) is 4.89. The molecule has 1 fully saturated rings. The zero-order chi connectivity index (χ0) is 18.9. The van der Waals surface area contributed by atoms with Crippen molar-refractivity contribution in [2.24, 2.45) is 0 Å². The maximum Gasteiger partial charge on any atom is 0.225 e. The molecule has 140 valence electrons. The minimum absolute atomic E-state index is 0.461. The maximum atomic E-state index is 11.8. The van der Waals surface area contributed by atoms with Gasteiger partial charge in [-0.1, -0.05) is 36.4 Å². The van der Waals surface area contributed by atoms with Crippen molar-refractivity contribution in [1.29, 1.82) is 0 Å². The third kappa shape index (κ3) is 3.94. The van der Waals surface area contributed by atoms with Crippen LogP contribution in [-0.4, -0.2) is 55.1 Å². The molecular weight excluding hydrogens is 360 g/mol. The molecule has 4 rings (SSSR count). The Morgan fingerprint density at radius 3 is 2.56 bits per heavy atom. The summed E-state index contributed by atoms with van der Waals surface area (Å²) in [7, 11) is -3.16. The molecule has 0 spiro atoms. The molecule has 0 unspecified atom stereocenters. The molecule has 2 aromatic carbocycles. The Kier molecular flexibility index (Phi) is 4.80. The molecule has 0 atom stereocenters. The van der Waals surface area contributed by atoms with Crippen molar-refractivity contribution in [2.45, 2.75) is 6.42 Å². The summed E-state index contributed by atoms with van der Waals surface area (Å²) in [6.07, 6.45) is 3.79. The van der Waals surface area contributed by atoms with Crippen molar-refractivity contribution in [3.05, 3.63) is 54.7 Å². The van der Waals surface area contributed by atoms with Gasteiger partial charge >= 0.3 is 0 Å². The van der Waals surface area contributed by atoms with Crippen molar-refractivity contribution >= 4 is 26.7 Å². The van der Waals surface area contributed by atoms with Gasteiger partial charge in [0.15, 0.2) is 0 Å². The normalized spacial score (nSPS) is 16.4. The van der Waals surface area contributed by atoms with Crippen LogP contribution in [0.3, 0.4) is 0 Å². The molecule has 6 nitrogen and oxygen atoms in total. The van der Waals surface area contributed by atoms with E-state index in [0.29, 0.717) is 25.6 Å². The van der Waals surface area contributed by atoms with Gasteiger partial charge in [0.1, 0.15) is 0 Å². The third-order valence-corrected chi connectivity index (χ3v) is 6.20. The zero-order valence-corrected chi connectivity index (χ0v) is 16.1. The van der Waals surface area contributed by atoms with Gasteiger partial charge in [0.25, 0.3) is 0 Å². The summed E-state index contributed by atoms with van der Waals surface area (Å²) in [6.45, 7) is 2.34. The van der Waals surface area contributed by atoms with Crippen LogP contribution < -0.4 is 4.90 Å². The number of aromatic nitrogens is 2. The Labute approximate surface area is 159 Å². The second-order valence-corrected chi connectivity index (χ2v) is 8.79. The number of hydrogen-bond acceptors (Lipinski definition) is 5. The first-order valence-corrected chi connectivity index (χ1v) is 10.9. The van der Waals surface area contributed by atoms with Crippen molar-refractivity contribution in [1.82, 2.24) is 14.3 Å². The molecule has 0 bridgehead atoms. The summed E-state index contributed by atoms with van der Waals surface area (Å²) in [5.74, 6) is 0.649. The van der Waals surface area contributed by atoms with Gasteiger partial charge in [0.05, 0.1) is 11.9 Å². The predicted octanol–water partition coefficient (Wildman–Crippen LogP) is 2.77. The highest BCUT2D eigenvalue weighted by Crippen LogP contribution is 2.24. The molecular formula is C20H22N4O2S. The Balaban J connectivity index is 1.60. The largest absolute Gasteiger partial charge is 0.339 e. The lowest BCUT2D eigenvalue weighted by molar-refractivity contribution is 0.437. The van der Waals surface area contributed by atoms with Gasteiger partial charge in [-0.2, -0.15) is 0 Å². The first-order valence-electron chi connectivity index (χ1n) is 9.03. The second kappa shape index (κ2) is 7.25. The highest BCUT2D eigenvalue weighted by Gasteiger charge is 2.22. The number of anilines is 1. The van der Waals surface area contributed by atoms with E-state index in [1.54, 1.807) is 6.20 Å². The van der Waals surface area contributed by atoms with E-state index in [1.807, 2.05) is 18.2 Å². The number of hydrogen-bond donors (Lipinski definition) is 0. The molecule has 1 aromatic heterocycles. The van der Waals surface area contributed by atoms with Crippen molar-refractivity contribution in [3.8, 4) is 11.3 Å². The summed E-state index contributed by atoms with van der Waals surface area (Å²) >= 11 is 0. The molecule has 2 heterocycles. The molecule has 0 N–H and O–H groups in total.